The molecular weight excluding hydrogens is 430 g/mol. The van der Waals surface area contributed by atoms with Gasteiger partial charge in [0.15, 0.2) is 0 Å². The predicted molar refractivity (Wildman–Crippen MR) is 112 cm³/mol. The fourth-order valence-corrected chi connectivity index (χ4v) is 4.27. The number of carbonyl (C=O) groups excluding carboxylic acids is 1. The standard InChI is InChI=1S/C21H15Cl2FN4O2/c22-13-8-11-3-4-17(19-14(24)2-1-6-25-19)30-18(11)9-16(13)28-10-12-15(27-21(28)29)5-7-26-20(12)23/h1-2,5-9,17H,3-4,10H2,(H,27,29)/t17-/m0/s1. The first-order valence-corrected chi connectivity index (χ1v) is 10.1. The maximum atomic E-state index is 14.2. The number of urea groups is 1. The molecule has 2 amide bonds. The number of carbonyl (C=O) groups is 1. The highest BCUT2D eigenvalue weighted by atomic mass is 35.5. The van der Waals surface area contributed by atoms with E-state index in [4.69, 9.17) is 27.9 Å². The van der Waals surface area contributed by atoms with E-state index < -0.39 is 11.9 Å². The molecule has 0 radical (unpaired) electrons. The number of ether oxygens (including phenoxy) is 1. The summed E-state index contributed by atoms with van der Waals surface area (Å²) < 4.78 is 20.2. The summed E-state index contributed by atoms with van der Waals surface area (Å²) in [4.78, 5) is 22.4. The zero-order valence-electron chi connectivity index (χ0n) is 15.5. The van der Waals surface area contributed by atoms with Gasteiger partial charge in [-0.1, -0.05) is 23.2 Å². The lowest BCUT2D eigenvalue weighted by atomic mass is 9.99. The second-order valence-electron chi connectivity index (χ2n) is 7.07. The summed E-state index contributed by atoms with van der Waals surface area (Å²) in [6, 6.07) is 7.75. The van der Waals surface area contributed by atoms with Crippen LogP contribution in [0.5, 0.6) is 5.75 Å². The van der Waals surface area contributed by atoms with Gasteiger partial charge in [0.25, 0.3) is 0 Å². The number of halogens is 3. The van der Waals surface area contributed by atoms with E-state index in [1.807, 2.05) is 0 Å². The van der Waals surface area contributed by atoms with E-state index >= 15 is 0 Å². The summed E-state index contributed by atoms with van der Waals surface area (Å²) in [6.07, 6.45) is 3.80. The van der Waals surface area contributed by atoms with Crippen LogP contribution in [0.1, 0.15) is 29.3 Å². The number of pyridine rings is 2. The minimum atomic E-state index is -0.512. The molecule has 0 aliphatic carbocycles. The summed E-state index contributed by atoms with van der Waals surface area (Å²) in [5.41, 5.74) is 2.95. The zero-order valence-corrected chi connectivity index (χ0v) is 17.0. The maximum Gasteiger partial charge on any atom is 0.326 e. The lowest BCUT2D eigenvalue weighted by Crippen LogP contribution is -2.39. The topological polar surface area (TPSA) is 67.4 Å². The molecule has 0 bridgehead atoms. The van der Waals surface area contributed by atoms with Crippen molar-refractivity contribution in [1.29, 1.82) is 0 Å². The number of rotatable bonds is 2. The Morgan fingerprint density at radius 1 is 1.20 bits per heavy atom. The van der Waals surface area contributed by atoms with Gasteiger partial charge in [-0.25, -0.2) is 14.2 Å². The second-order valence-corrected chi connectivity index (χ2v) is 7.84. The average molecular weight is 445 g/mol. The molecule has 2 aliphatic heterocycles. The van der Waals surface area contributed by atoms with E-state index in [1.54, 1.807) is 24.3 Å². The average Bonchev–Trinajstić information content (AvgIpc) is 2.73. The van der Waals surface area contributed by atoms with E-state index in [0.29, 0.717) is 45.7 Å². The fourth-order valence-electron chi connectivity index (χ4n) is 3.76. The van der Waals surface area contributed by atoms with Crippen LogP contribution in [0.2, 0.25) is 10.2 Å². The smallest absolute Gasteiger partial charge is 0.326 e. The van der Waals surface area contributed by atoms with E-state index in [2.05, 4.69) is 15.3 Å². The summed E-state index contributed by atoms with van der Waals surface area (Å²) in [6.45, 7) is 0.213. The Hall–Kier alpha value is -2.90. The Bertz CT molecular complexity index is 1170. The summed E-state index contributed by atoms with van der Waals surface area (Å²) in [5.74, 6) is 0.140. The van der Waals surface area contributed by atoms with Crippen molar-refractivity contribution in [2.75, 3.05) is 10.2 Å². The molecule has 2 aliphatic rings. The fraction of sp³-hybridized carbons (Fsp3) is 0.190. The normalized spacial score (nSPS) is 17.6. The van der Waals surface area contributed by atoms with Crippen molar-refractivity contribution in [2.45, 2.75) is 25.5 Å². The predicted octanol–water partition coefficient (Wildman–Crippen LogP) is 5.54. The maximum absolute atomic E-state index is 14.2. The largest absolute Gasteiger partial charge is 0.484 e. The summed E-state index contributed by atoms with van der Waals surface area (Å²) in [7, 11) is 0. The van der Waals surface area contributed by atoms with E-state index in [-0.39, 0.29) is 18.3 Å². The zero-order chi connectivity index (χ0) is 20.8. The second kappa shape index (κ2) is 7.41. The highest BCUT2D eigenvalue weighted by molar-refractivity contribution is 6.34. The molecule has 5 rings (SSSR count). The number of aryl methyl sites for hydroxylation is 1. The molecule has 1 N–H and O–H groups in total. The van der Waals surface area contributed by atoms with Crippen LogP contribution in [0.15, 0.2) is 42.7 Å². The first-order chi connectivity index (χ1) is 14.5. The molecule has 6 nitrogen and oxygen atoms in total. The Balaban J connectivity index is 1.50. The number of nitrogens with zero attached hydrogens (tertiary/aromatic N) is 3. The molecule has 30 heavy (non-hydrogen) atoms. The molecule has 0 saturated heterocycles. The van der Waals surface area contributed by atoms with E-state index in [1.165, 1.54) is 23.4 Å². The first-order valence-electron chi connectivity index (χ1n) is 9.32. The number of amides is 2. The van der Waals surface area contributed by atoms with Gasteiger partial charge in [0, 0.05) is 24.0 Å². The van der Waals surface area contributed by atoms with Crippen molar-refractivity contribution >= 4 is 40.6 Å². The number of benzene rings is 1. The van der Waals surface area contributed by atoms with Crippen molar-refractivity contribution in [3.8, 4) is 5.75 Å². The van der Waals surface area contributed by atoms with Gasteiger partial charge in [-0.05, 0) is 42.7 Å². The third-order valence-electron chi connectivity index (χ3n) is 5.26. The first kappa shape index (κ1) is 19.1. The van der Waals surface area contributed by atoms with E-state index in [0.717, 1.165) is 5.56 Å². The molecule has 9 heteroatoms. The van der Waals surface area contributed by atoms with Crippen molar-refractivity contribution in [3.63, 3.8) is 0 Å². The third kappa shape index (κ3) is 3.24. The highest BCUT2D eigenvalue weighted by Gasteiger charge is 2.31. The number of fused-ring (bicyclic) bond motifs is 2. The molecule has 0 spiro atoms. The Kier molecular flexibility index (Phi) is 4.72. The van der Waals surface area contributed by atoms with Gasteiger partial charge in [-0.3, -0.25) is 9.88 Å². The molecule has 1 atom stereocenters. The monoisotopic (exact) mass is 444 g/mol. The molecule has 4 heterocycles. The molecular formula is C21H15Cl2FN4O2. The highest BCUT2D eigenvalue weighted by Crippen LogP contribution is 2.42. The Labute approximate surface area is 181 Å². The lowest BCUT2D eigenvalue weighted by molar-refractivity contribution is 0.167. The number of nitrogens with one attached hydrogen (secondary N) is 1. The number of aromatic nitrogens is 2. The molecule has 2 aromatic heterocycles. The molecule has 152 valence electrons. The molecule has 0 saturated carbocycles. The van der Waals surface area contributed by atoms with Crippen molar-refractivity contribution in [2.24, 2.45) is 0 Å². The van der Waals surface area contributed by atoms with Gasteiger partial charge in [-0.2, -0.15) is 0 Å². The van der Waals surface area contributed by atoms with Crippen molar-refractivity contribution in [1.82, 2.24) is 9.97 Å². The van der Waals surface area contributed by atoms with Crippen LogP contribution >= 0.6 is 23.2 Å². The lowest BCUT2D eigenvalue weighted by Gasteiger charge is -2.32. The van der Waals surface area contributed by atoms with Gasteiger partial charge in [-0.15, -0.1) is 0 Å². The Morgan fingerprint density at radius 2 is 2.07 bits per heavy atom. The van der Waals surface area contributed by atoms with Crippen LogP contribution < -0.4 is 15.0 Å². The van der Waals surface area contributed by atoms with Gasteiger partial charge < -0.3 is 10.1 Å². The van der Waals surface area contributed by atoms with Crippen LogP contribution in [0.4, 0.5) is 20.6 Å². The minimum absolute atomic E-state index is 0.213. The van der Waals surface area contributed by atoms with Gasteiger partial charge in [0.1, 0.15) is 28.5 Å². The molecule has 1 aromatic carbocycles. The quantitative estimate of drug-likeness (QED) is 0.526. The number of anilines is 2. The molecule has 3 aromatic rings. The van der Waals surface area contributed by atoms with E-state index in [9.17, 15) is 9.18 Å². The van der Waals surface area contributed by atoms with Crippen LogP contribution in [0, 0.1) is 5.82 Å². The number of hydrogen-bond donors (Lipinski definition) is 1. The van der Waals surface area contributed by atoms with Crippen LogP contribution in [-0.2, 0) is 13.0 Å². The third-order valence-corrected chi connectivity index (χ3v) is 5.89. The number of hydrogen-bond acceptors (Lipinski definition) is 4. The molecule has 0 fully saturated rings. The van der Waals surface area contributed by atoms with Crippen LogP contribution in [0.25, 0.3) is 0 Å². The van der Waals surface area contributed by atoms with Crippen LogP contribution in [-0.4, -0.2) is 16.0 Å². The summed E-state index contributed by atoms with van der Waals surface area (Å²) >= 11 is 12.7. The summed E-state index contributed by atoms with van der Waals surface area (Å²) in [5, 5.41) is 3.53. The Morgan fingerprint density at radius 3 is 2.90 bits per heavy atom. The minimum Gasteiger partial charge on any atom is -0.484 e. The van der Waals surface area contributed by atoms with Crippen LogP contribution in [0.3, 0.4) is 0 Å². The van der Waals surface area contributed by atoms with Gasteiger partial charge in [0.2, 0.25) is 0 Å². The van der Waals surface area contributed by atoms with Crippen molar-refractivity contribution < 1.29 is 13.9 Å². The van der Waals surface area contributed by atoms with Gasteiger partial charge in [0.05, 0.1) is 22.9 Å². The molecule has 0 unspecified atom stereocenters. The SMILES string of the molecule is O=C1Nc2ccnc(Cl)c2CN1c1cc2c(cc1Cl)CC[C@@H](c1ncccc1F)O2. The van der Waals surface area contributed by atoms with Gasteiger partial charge >= 0.3 is 6.03 Å². The van der Waals surface area contributed by atoms with Crippen molar-refractivity contribution in [3.05, 3.63) is 75.5 Å².